The van der Waals surface area contributed by atoms with Crippen molar-refractivity contribution in [2.45, 2.75) is 43.8 Å². The Morgan fingerprint density at radius 1 is 0.917 bits per heavy atom. The molecular formula is C22H28N6O8. The Hall–Kier alpha value is -4.46. The smallest absolute Gasteiger partial charge is 0.322 e. The van der Waals surface area contributed by atoms with E-state index in [0.717, 1.165) is 10.9 Å². The van der Waals surface area contributed by atoms with Gasteiger partial charge in [0.05, 0.1) is 12.5 Å². The highest BCUT2D eigenvalue weighted by Gasteiger charge is 2.30. The van der Waals surface area contributed by atoms with Gasteiger partial charge in [0, 0.05) is 29.9 Å². The van der Waals surface area contributed by atoms with Crippen LogP contribution in [0.25, 0.3) is 10.9 Å². The summed E-state index contributed by atoms with van der Waals surface area (Å²) in [7, 11) is 0. The molecule has 0 aliphatic heterocycles. The lowest BCUT2D eigenvalue weighted by Gasteiger charge is -2.23. The molecule has 0 aliphatic rings. The number of aromatic amines is 1. The molecule has 0 unspecified atom stereocenters. The summed E-state index contributed by atoms with van der Waals surface area (Å²) in [6.45, 7) is -0.705. The molecule has 194 valence electrons. The molecule has 3 atom stereocenters. The molecule has 0 aliphatic carbocycles. The topological polar surface area (TPSA) is 247 Å². The number of aromatic nitrogens is 1. The molecule has 0 spiro atoms. The van der Waals surface area contributed by atoms with E-state index >= 15 is 0 Å². The standard InChI is InChI=1S/C22H28N6O8/c23-13(5-6-17(24)29)20(34)27-16(8-18(30)31)22(36)28-15(21(35)26-10-19(32)33)7-11-9-25-14-4-2-1-3-12(11)14/h1-4,9,13,15-16,25H,5-8,10,23H2,(H2,24,29)(H,26,35)(H,27,34)(H,28,36)(H,30,31)(H,32,33)/t13-,15-,16-/m0/s1. The Balaban J connectivity index is 2.21. The van der Waals surface area contributed by atoms with Gasteiger partial charge in [-0.05, 0) is 18.1 Å². The summed E-state index contributed by atoms with van der Waals surface area (Å²) in [5, 5.41) is 25.6. The number of carbonyl (C=O) groups excluding carboxylic acids is 4. The van der Waals surface area contributed by atoms with Gasteiger partial charge in [0.2, 0.25) is 23.6 Å². The molecule has 0 bridgehead atoms. The SMILES string of the molecule is NC(=O)CC[C@H](N)C(=O)N[C@@H](CC(=O)O)C(=O)N[C@@H](Cc1c[nH]c2ccccc12)C(=O)NCC(=O)O. The van der Waals surface area contributed by atoms with E-state index in [0.29, 0.717) is 5.56 Å². The summed E-state index contributed by atoms with van der Waals surface area (Å²) in [6.07, 6.45) is 0.427. The van der Waals surface area contributed by atoms with Gasteiger partial charge in [-0.2, -0.15) is 0 Å². The third-order valence-corrected chi connectivity index (χ3v) is 5.20. The summed E-state index contributed by atoms with van der Waals surface area (Å²) < 4.78 is 0. The van der Waals surface area contributed by atoms with E-state index in [2.05, 4.69) is 20.9 Å². The molecule has 0 saturated carbocycles. The van der Waals surface area contributed by atoms with Crippen LogP contribution in [0.4, 0.5) is 0 Å². The minimum Gasteiger partial charge on any atom is -0.481 e. The first-order valence-electron chi connectivity index (χ1n) is 10.9. The molecule has 4 amide bonds. The second kappa shape index (κ2) is 12.9. The van der Waals surface area contributed by atoms with Gasteiger partial charge in [-0.3, -0.25) is 28.8 Å². The number of amides is 4. The lowest BCUT2D eigenvalue weighted by atomic mass is 10.0. The summed E-state index contributed by atoms with van der Waals surface area (Å²) >= 11 is 0. The molecule has 0 saturated heterocycles. The highest BCUT2D eigenvalue weighted by atomic mass is 16.4. The van der Waals surface area contributed by atoms with Crippen LogP contribution < -0.4 is 27.4 Å². The van der Waals surface area contributed by atoms with Crippen LogP contribution in [0.3, 0.4) is 0 Å². The number of carboxylic acid groups (broad SMARTS) is 2. The van der Waals surface area contributed by atoms with Crippen molar-refractivity contribution < 1.29 is 39.0 Å². The predicted octanol–water partition coefficient (Wildman–Crippen LogP) is -2.05. The largest absolute Gasteiger partial charge is 0.481 e. The van der Waals surface area contributed by atoms with Crippen molar-refractivity contribution in [3.63, 3.8) is 0 Å². The molecule has 0 fully saturated rings. The van der Waals surface area contributed by atoms with Crippen molar-refractivity contribution in [1.82, 2.24) is 20.9 Å². The Labute approximate surface area is 204 Å². The number of hydrogen-bond donors (Lipinski definition) is 8. The molecule has 36 heavy (non-hydrogen) atoms. The average molecular weight is 505 g/mol. The second-order valence-electron chi connectivity index (χ2n) is 8.01. The quantitative estimate of drug-likeness (QED) is 0.141. The number of carboxylic acids is 2. The number of primary amides is 1. The molecule has 10 N–H and O–H groups in total. The monoisotopic (exact) mass is 504 g/mol. The van der Waals surface area contributed by atoms with Crippen molar-refractivity contribution in [1.29, 1.82) is 0 Å². The number of hydrogen-bond acceptors (Lipinski definition) is 7. The third kappa shape index (κ3) is 8.39. The van der Waals surface area contributed by atoms with Gasteiger partial charge in [0.1, 0.15) is 18.6 Å². The fraction of sp³-hybridized carbons (Fsp3) is 0.364. The number of rotatable bonds is 14. The average Bonchev–Trinajstić information content (AvgIpc) is 3.22. The van der Waals surface area contributed by atoms with Crippen molar-refractivity contribution in [2.24, 2.45) is 11.5 Å². The van der Waals surface area contributed by atoms with Crippen molar-refractivity contribution in [3.05, 3.63) is 36.0 Å². The maximum atomic E-state index is 12.9. The molecule has 14 heteroatoms. The number of fused-ring (bicyclic) bond motifs is 1. The van der Waals surface area contributed by atoms with Crippen LogP contribution >= 0.6 is 0 Å². The van der Waals surface area contributed by atoms with Crippen LogP contribution in [0, 0.1) is 0 Å². The summed E-state index contributed by atoms with van der Waals surface area (Å²) in [5.41, 5.74) is 12.1. The number of benzene rings is 1. The fourth-order valence-electron chi connectivity index (χ4n) is 3.38. The van der Waals surface area contributed by atoms with E-state index in [1.165, 1.54) is 0 Å². The van der Waals surface area contributed by atoms with Crippen LogP contribution in [-0.4, -0.2) is 75.4 Å². The first-order chi connectivity index (χ1) is 17.0. The van der Waals surface area contributed by atoms with Crippen molar-refractivity contribution >= 4 is 46.5 Å². The van der Waals surface area contributed by atoms with Crippen LogP contribution in [0.1, 0.15) is 24.8 Å². The number of para-hydroxylation sites is 1. The van der Waals surface area contributed by atoms with E-state index < -0.39 is 66.7 Å². The van der Waals surface area contributed by atoms with Gasteiger partial charge < -0.3 is 42.6 Å². The van der Waals surface area contributed by atoms with E-state index in [1.807, 2.05) is 0 Å². The maximum absolute atomic E-state index is 12.9. The number of nitrogens with two attached hydrogens (primary N) is 2. The zero-order valence-corrected chi connectivity index (χ0v) is 19.2. The van der Waals surface area contributed by atoms with Gasteiger partial charge in [-0.15, -0.1) is 0 Å². The zero-order chi connectivity index (χ0) is 26.8. The molecule has 0 radical (unpaired) electrons. The minimum absolute atomic E-state index is 0.0624. The van der Waals surface area contributed by atoms with Gasteiger partial charge >= 0.3 is 11.9 Å². The number of carbonyl (C=O) groups is 6. The van der Waals surface area contributed by atoms with Crippen LogP contribution in [0.15, 0.2) is 30.5 Å². The van der Waals surface area contributed by atoms with Gasteiger partial charge in [-0.1, -0.05) is 18.2 Å². The van der Waals surface area contributed by atoms with Crippen molar-refractivity contribution in [2.75, 3.05) is 6.54 Å². The normalized spacial score (nSPS) is 13.2. The molecule has 1 aromatic carbocycles. The molecule has 2 aromatic rings. The van der Waals surface area contributed by atoms with E-state index in [-0.39, 0.29) is 19.3 Å². The Kier molecular flexibility index (Phi) is 9.92. The number of aliphatic carboxylic acids is 2. The lowest BCUT2D eigenvalue weighted by Crippen LogP contribution is -2.57. The van der Waals surface area contributed by atoms with E-state index in [9.17, 15) is 33.9 Å². The highest BCUT2D eigenvalue weighted by Crippen LogP contribution is 2.19. The fourth-order valence-corrected chi connectivity index (χ4v) is 3.38. The number of nitrogens with one attached hydrogen (secondary N) is 4. The maximum Gasteiger partial charge on any atom is 0.322 e. The minimum atomic E-state index is -1.60. The summed E-state index contributed by atoms with van der Waals surface area (Å²) in [6, 6.07) is 3.03. The third-order valence-electron chi connectivity index (χ3n) is 5.20. The van der Waals surface area contributed by atoms with Crippen LogP contribution in [-0.2, 0) is 35.2 Å². The van der Waals surface area contributed by atoms with Gasteiger partial charge in [-0.25, -0.2) is 0 Å². The predicted molar refractivity (Wildman–Crippen MR) is 125 cm³/mol. The first kappa shape index (κ1) is 27.8. The number of H-pyrrole nitrogens is 1. The molecule has 14 nitrogen and oxygen atoms in total. The van der Waals surface area contributed by atoms with Crippen LogP contribution in [0.5, 0.6) is 0 Å². The molecule has 1 heterocycles. The summed E-state index contributed by atoms with van der Waals surface area (Å²) in [5.74, 6) is -6.12. The van der Waals surface area contributed by atoms with Gasteiger partial charge in [0.25, 0.3) is 0 Å². The lowest BCUT2D eigenvalue weighted by molar-refractivity contribution is -0.141. The second-order valence-corrected chi connectivity index (χ2v) is 8.01. The molecule has 2 rings (SSSR count). The zero-order valence-electron chi connectivity index (χ0n) is 19.2. The molecule has 1 aromatic heterocycles. The Morgan fingerprint density at radius 3 is 2.22 bits per heavy atom. The summed E-state index contributed by atoms with van der Waals surface area (Å²) in [4.78, 5) is 74.1. The van der Waals surface area contributed by atoms with E-state index in [1.54, 1.807) is 30.5 Å². The molecular weight excluding hydrogens is 476 g/mol. The Bertz CT molecular complexity index is 1150. The Morgan fingerprint density at radius 2 is 1.58 bits per heavy atom. The van der Waals surface area contributed by atoms with Crippen LogP contribution in [0.2, 0.25) is 0 Å². The highest BCUT2D eigenvalue weighted by molar-refractivity contribution is 5.96. The van der Waals surface area contributed by atoms with Crippen molar-refractivity contribution in [3.8, 4) is 0 Å². The van der Waals surface area contributed by atoms with Gasteiger partial charge in [0.15, 0.2) is 0 Å². The van der Waals surface area contributed by atoms with E-state index in [4.69, 9.17) is 16.6 Å². The first-order valence-corrected chi connectivity index (χ1v) is 10.9.